The third-order valence-electron chi connectivity index (χ3n) is 5.23. The first kappa shape index (κ1) is 16.7. The number of hydrogen-bond donors (Lipinski definition) is 1. The van der Waals surface area contributed by atoms with Gasteiger partial charge in [0.25, 0.3) is 0 Å². The van der Waals surface area contributed by atoms with Crippen molar-refractivity contribution in [1.82, 2.24) is 9.88 Å². The zero-order chi connectivity index (χ0) is 17.2. The molecule has 0 amide bonds. The molecule has 0 saturated carbocycles. The molecule has 130 valence electrons. The second kappa shape index (κ2) is 7.22. The van der Waals surface area contributed by atoms with Gasteiger partial charge < -0.3 is 4.98 Å². The van der Waals surface area contributed by atoms with Gasteiger partial charge in [-0.2, -0.15) is 0 Å². The molecule has 25 heavy (non-hydrogen) atoms. The molecule has 0 spiro atoms. The van der Waals surface area contributed by atoms with E-state index in [0.717, 1.165) is 19.5 Å². The molecule has 1 saturated heterocycles. The summed E-state index contributed by atoms with van der Waals surface area (Å²) in [6, 6.07) is 14.1. The zero-order valence-corrected chi connectivity index (χ0v) is 15.3. The minimum atomic E-state index is -0.162. The lowest BCUT2D eigenvalue weighted by molar-refractivity contribution is 0.244. The number of thioether (sulfide) groups is 1. The molecule has 1 N–H and O–H groups in total. The molecular formula is C21H23FN2S. The molecule has 1 aliphatic rings. The smallest absolute Gasteiger partial charge is 0.123 e. The predicted molar refractivity (Wildman–Crippen MR) is 104 cm³/mol. The Kier molecular flexibility index (Phi) is 4.82. The van der Waals surface area contributed by atoms with E-state index in [-0.39, 0.29) is 5.82 Å². The Balaban J connectivity index is 1.52. The summed E-state index contributed by atoms with van der Waals surface area (Å²) >= 11 is 1.79. The average molecular weight is 354 g/mol. The molecule has 0 unspecified atom stereocenters. The highest BCUT2D eigenvalue weighted by Crippen LogP contribution is 2.29. The predicted octanol–water partition coefficient (Wildman–Crippen LogP) is 5.24. The van der Waals surface area contributed by atoms with Crippen molar-refractivity contribution in [1.29, 1.82) is 0 Å². The van der Waals surface area contributed by atoms with Crippen LogP contribution >= 0.6 is 11.8 Å². The Morgan fingerprint density at radius 1 is 1.20 bits per heavy atom. The first-order valence-corrected chi connectivity index (χ1v) is 10.1. The lowest BCUT2D eigenvalue weighted by Gasteiger charge is -2.24. The molecule has 2 aromatic carbocycles. The molecule has 1 aromatic heterocycles. The number of likely N-dealkylation sites (tertiary alicyclic amines) is 1. The molecule has 0 bridgehead atoms. The van der Waals surface area contributed by atoms with Crippen LogP contribution in [0.25, 0.3) is 10.9 Å². The quantitative estimate of drug-likeness (QED) is 0.632. The minimum absolute atomic E-state index is 0.162. The van der Waals surface area contributed by atoms with Crippen LogP contribution in [0.15, 0.2) is 53.6 Å². The monoisotopic (exact) mass is 354 g/mol. The van der Waals surface area contributed by atoms with Gasteiger partial charge in [0.15, 0.2) is 0 Å². The number of aromatic nitrogens is 1. The van der Waals surface area contributed by atoms with Gasteiger partial charge in [0.05, 0.1) is 0 Å². The molecule has 2 nitrogen and oxygen atoms in total. The first-order chi connectivity index (χ1) is 12.2. The molecule has 2 heterocycles. The van der Waals surface area contributed by atoms with Crippen molar-refractivity contribution in [2.45, 2.75) is 36.7 Å². The van der Waals surface area contributed by atoms with E-state index in [1.54, 1.807) is 23.9 Å². The summed E-state index contributed by atoms with van der Waals surface area (Å²) in [7, 11) is 0. The number of halogens is 1. The Labute approximate surface area is 152 Å². The third-order valence-corrected chi connectivity index (χ3v) is 5.95. The topological polar surface area (TPSA) is 19.0 Å². The van der Waals surface area contributed by atoms with E-state index < -0.39 is 0 Å². The number of H-pyrrole nitrogens is 1. The molecule has 1 fully saturated rings. The second-order valence-corrected chi connectivity index (χ2v) is 7.70. The first-order valence-electron chi connectivity index (χ1n) is 8.85. The van der Waals surface area contributed by atoms with Crippen molar-refractivity contribution >= 4 is 22.7 Å². The Bertz CT molecular complexity index is 856. The molecular weight excluding hydrogens is 331 g/mol. The number of hydrogen-bond acceptors (Lipinski definition) is 2. The standard InChI is InChI=1S/C21H23FN2S/c1-25-19-8-9-21-20(12-19)16(13-23-21)11-18-3-2-10-24(18)14-15-4-6-17(22)7-5-15/h4-9,12-13,18,23H,2-3,10-11,14H2,1H3/t18-/m1/s1. The SMILES string of the molecule is CSc1ccc2[nH]cc(C[C@H]3CCCN3Cc3ccc(F)cc3)c2c1. The van der Waals surface area contributed by atoms with Gasteiger partial charge in [-0.15, -0.1) is 11.8 Å². The summed E-state index contributed by atoms with van der Waals surface area (Å²) in [6.07, 6.45) is 7.83. The summed E-state index contributed by atoms with van der Waals surface area (Å²) in [6.45, 7) is 2.03. The molecule has 3 aromatic rings. The fourth-order valence-corrected chi connectivity index (χ4v) is 4.31. The summed E-state index contributed by atoms with van der Waals surface area (Å²) < 4.78 is 13.1. The highest BCUT2D eigenvalue weighted by atomic mass is 32.2. The molecule has 1 atom stereocenters. The maximum Gasteiger partial charge on any atom is 0.123 e. The van der Waals surface area contributed by atoms with E-state index in [4.69, 9.17) is 0 Å². The molecule has 0 aliphatic carbocycles. The fraction of sp³-hybridized carbons (Fsp3) is 0.333. The van der Waals surface area contributed by atoms with E-state index in [1.165, 1.54) is 39.8 Å². The van der Waals surface area contributed by atoms with Crippen molar-refractivity contribution in [3.8, 4) is 0 Å². The number of nitrogens with zero attached hydrogens (tertiary/aromatic N) is 1. The van der Waals surface area contributed by atoms with Crippen LogP contribution in [-0.4, -0.2) is 28.7 Å². The van der Waals surface area contributed by atoms with Crippen molar-refractivity contribution < 1.29 is 4.39 Å². The van der Waals surface area contributed by atoms with Gasteiger partial charge in [0.2, 0.25) is 0 Å². The molecule has 1 aliphatic heterocycles. The van der Waals surface area contributed by atoms with Crippen LogP contribution in [0.4, 0.5) is 4.39 Å². The molecule has 0 radical (unpaired) electrons. The van der Waals surface area contributed by atoms with Crippen LogP contribution in [0.1, 0.15) is 24.0 Å². The zero-order valence-electron chi connectivity index (χ0n) is 14.5. The summed E-state index contributed by atoms with van der Waals surface area (Å²) in [5, 5.41) is 1.35. The van der Waals surface area contributed by atoms with Crippen LogP contribution in [0.5, 0.6) is 0 Å². The van der Waals surface area contributed by atoms with Crippen LogP contribution in [0.2, 0.25) is 0 Å². The lowest BCUT2D eigenvalue weighted by atomic mass is 10.0. The van der Waals surface area contributed by atoms with Gasteiger partial charge in [-0.25, -0.2) is 4.39 Å². The van der Waals surface area contributed by atoms with E-state index in [9.17, 15) is 4.39 Å². The Morgan fingerprint density at radius 2 is 2.04 bits per heavy atom. The van der Waals surface area contributed by atoms with Gasteiger partial charge >= 0.3 is 0 Å². The number of rotatable bonds is 5. The minimum Gasteiger partial charge on any atom is -0.361 e. The summed E-state index contributed by atoms with van der Waals surface area (Å²) in [5.41, 5.74) is 3.81. The van der Waals surface area contributed by atoms with E-state index in [0.29, 0.717) is 6.04 Å². The lowest BCUT2D eigenvalue weighted by Crippen LogP contribution is -2.30. The van der Waals surface area contributed by atoms with Gasteiger partial charge in [-0.1, -0.05) is 12.1 Å². The van der Waals surface area contributed by atoms with Crippen molar-refractivity contribution in [2.75, 3.05) is 12.8 Å². The normalized spacial score (nSPS) is 18.2. The maximum atomic E-state index is 13.1. The van der Waals surface area contributed by atoms with Crippen molar-refractivity contribution in [3.05, 3.63) is 65.6 Å². The number of nitrogens with one attached hydrogen (secondary N) is 1. The van der Waals surface area contributed by atoms with E-state index >= 15 is 0 Å². The van der Waals surface area contributed by atoms with Crippen LogP contribution in [0, 0.1) is 5.82 Å². The van der Waals surface area contributed by atoms with Crippen LogP contribution in [-0.2, 0) is 13.0 Å². The number of fused-ring (bicyclic) bond motifs is 1. The third kappa shape index (κ3) is 3.60. The summed E-state index contributed by atoms with van der Waals surface area (Å²) in [4.78, 5) is 7.27. The average Bonchev–Trinajstić information content (AvgIpc) is 3.24. The largest absolute Gasteiger partial charge is 0.361 e. The van der Waals surface area contributed by atoms with Crippen LogP contribution in [0.3, 0.4) is 0 Å². The number of benzene rings is 2. The van der Waals surface area contributed by atoms with Gasteiger partial charge in [-0.05, 0) is 73.5 Å². The van der Waals surface area contributed by atoms with Gasteiger partial charge in [0, 0.05) is 34.6 Å². The fourth-order valence-electron chi connectivity index (χ4n) is 3.87. The van der Waals surface area contributed by atoms with Gasteiger partial charge in [-0.3, -0.25) is 4.90 Å². The highest BCUT2D eigenvalue weighted by Gasteiger charge is 2.25. The Morgan fingerprint density at radius 3 is 2.84 bits per heavy atom. The number of aromatic amines is 1. The van der Waals surface area contributed by atoms with Gasteiger partial charge in [0.1, 0.15) is 5.82 Å². The molecule has 4 heteroatoms. The van der Waals surface area contributed by atoms with Crippen molar-refractivity contribution in [2.24, 2.45) is 0 Å². The maximum absolute atomic E-state index is 13.1. The summed E-state index contributed by atoms with van der Waals surface area (Å²) in [5.74, 6) is -0.162. The van der Waals surface area contributed by atoms with Crippen molar-refractivity contribution in [3.63, 3.8) is 0 Å². The van der Waals surface area contributed by atoms with E-state index in [1.807, 2.05) is 12.1 Å². The highest BCUT2D eigenvalue weighted by molar-refractivity contribution is 7.98. The Hall–Kier alpha value is -1.78. The second-order valence-electron chi connectivity index (χ2n) is 6.82. The van der Waals surface area contributed by atoms with E-state index in [2.05, 4.69) is 40.5 Å². The van der Waals surface area contributed by atoms with Crippen LogP contribution < -0.4 is 0 Å². The molecule has 4 rings (SSSR count).